The average molecular weight is 766 g/mol. The van der Waals surface area contributed by atoms with Crippen LogP contribution in [0.25, 0.3) is 77.2 Å². The van der Waals surface area contributed by atoms with E-state index in [1.54, 1.807) is 0 Å². The lowest BCUT2D eigenvalue weighted by atomic mass is 9.82. The van der Waals surface area contributed by atoms with E-state index >= 15 is 0 Å². The number of rotatable bonds is 7. The number of hydrogen-bond acceptors (Lipinski definition) is 1. The van der Waals surface area contributed by atoms with Gasteiger partial charge >= 0.3 is 0 Å². The molecule has 10 aromatic rings. The first-order valence-corrected chi connectivity index (χ1v) is 20.9. The number of fused-ring (bicyclic) bond motifs is 6. The minimum atomic E-state index is -0.144. The van der Waals surface area contributed by atoms with Gasteiger partial charge in [-0.15, -0.1) is 0 Å². The van der Waals surface area contributed by atoms with Gasteiger partial charge in [0.2, 0.25) is 0 Å². The monoisotopic (exact) mass is 765 g/mol. The molecule has 60 heavy (non-hydrogen) atoms. The third kappa shape index (κ3) is 5.93. The van der Waals surface area contributed by atoms with Crippen LogP contribution in [0.3, 0.4) is 0 Å². The van der Waals surface area contributed by atoms with Crippen LogP contribution in [-0.2, 0) is 5.41 Å². The Morgan fingerprint density at radius 1 is 0.317 bits per heavy atom. The van der Waals surface area contributed by atoms with Crippen LogP contribution in [0.1, 0.15) is 25.0 Å². The van der Waals surface area contributed by atoms with E-state index in [9.17, 15) is 0 Å². The summed E-state index contributed by atoms with van der Waals surface area (Å²) in [6, 6.07) is 82.5. The van der Waals surface area contributed by atoms with Crippen LogP contribution in [0.15, 0.2) is 224 Å². The first-order chi connectivity index (χ1) is 29.5. The van der Waals surface area contributed by atoms with Gasteiger partial charge in [0.1, 0.15) is 0 Å². The van der Waals surface area contributed by atoms with Gasteiger partial charge in [-0.25, -0.2) is 0 Å². The third-order valence-corrected chi connectivity index (χ3v) is 12.7. The quantitative estimate of drug-likeness (QED) is 0.146. The number of hydrogen-bond donors (Lipinski definition) is 0. The minimum absolute atomic E-state index is 0.144. The van der Waals surface area contributed by atoms with Gasteiger partial charge in [-0.2, -0.15) is 0 Å². The summed E-state index contributed by atoms with van der Waals surface area (Å²) in [6.07, 6.45) is 0. The van der Waals surface area contributed by atoms with E-state index in [4.69, 9.17) is 0 Å². The molecule has 0 unspecified atom stereocenters. The van der Waals surface area contributed by atoms with E-state index in [2.05, 4.69) is 243 Å². The lowest BCUT2D eigenvalue weighted by molar-refractivity contribution is 0.660. The van der Waals surface area contributed by atoms with E-state index in [0.717, 1.165) is 22.6 Å². The Balaban J connectivity index is 1.17. The number of anilines is 3. The van der Waals surface area contributed by atoms with Crippen LogP contribution >= 0.6 is 0 Å². The van der Waals surface area contributed by atoms with Crippen LogP contribution in [0.2, 0.25) is 0 Å². The number of nitrogens with zero attached hydrogens (tertiary/aromatic N) is 1. The first-order valence-electron chi connectivity index (χ1n) is 20.9. The highest BCUT2D eigenvalue weighted by Gasteiger charge is 2.36. The van der Waals surface area contributed by atoms with E-state index in [1.165, 1.54) is 82.7 Å². The van der Waals surface area contributed by atoms with E-state index in [-0.39, 0.29) is 5.41 Å². The molecular formula is C59H43N. The Labute approximate surface area is 352 Å². The largest absolute Gasteiger partial charge is 0.310 e. The molecule has 0 fully saturated rings. The Morgan fingerprint density at radius 2 is 0.850 bits per heavy atom. The fraction of sp³-hybridized carbons (Fsp3) is 0.0508. The standard InChI is InChI=1S/C59H43N/c1-59(2)55-25-12-11-21-52(55)53-38-36-47(39-56(53)59)60(46-34-31-43(32-35-46)41-17-7-4-8-18-41)57-26-14-24-54(58(57)45-29-27-42(28-30-45)40-15-5-3-6-16-40)50-23-13-22-49-48-20-10-9-19-44(48)33-37-51(49)50/h3-39H,1-2H3. The molecule has 0 aromatic heterocycles. The molecule has 0 atom stereocenters. The van der Waals surface area contributed by atoms with Crippen molar-refractivity contribution < 1.29 is 0 Å². The molecule has 11 rings (SSSR count). The molecule has 0 N–H and O–H groups in total. The van der Waals surface area contributed by atoms with Crippen LogP contribution in [0, 0.1) is 0 Å². The van der Waals surface area contributed by atoms with Gasteiger partial charge in [-0.1, -0.05) is 208 Å². The normalized spacial score (nSPS) is 12.6. The van der Waals surface area contributed by atoms with Gasteiger partial charge < -0.3 is 4.90 Å². The van der Waals surface area contributed by atoms with Crippen LogP contribution in [0.4, 0.5) is 17.1 Å². The maximum Gasteiger partial charge on any atom is 0.0546 e. The molecule has 1 nitrogen and oxygen atoms in total. The summed E-state index contributed by atoms with van der Waals surface area (Å²) in [7, 11) is 0. The Morgan fingerprint density at radius 3 is 1.60 bits per heavy atom. The molecule has 0 spiro atoms. The van der Waals surface area contributed by atoms with Crippen LogP contribution < -0.4 is 4.90 Å². The average Bonchev–Trinajstić information content (AvgIpc) is 3.54. The van der Waals surface area contributed by atoms with Crippen molar-refractivity contribution in [3.8, 4) is 55.6 Å². The second-order valence-corrected chi connectivity index (χ2v) is 16.5. The van der Waals surface area contributed by atoms with Gasteiger partial charge in [0, 0.05) is 22.4 Å². The number of benzene rings is 10. The highest BCUT2D eigenvalue weighted by Crippen LogP contribution is 2.52. The molecular weight excluding hydrogens is 723 g/mol. The molecule has 0 heterocycles. The van der Waals surface area contributed by atoms with Gasteiger partial charge in [-0.05, 0) is 113 Å². The van der Waals surface area contributed by atoms with Crippen molar-refractivity contribution in [1.82, 2.24) is 0 Å². The molecule has 1 heteroatoms. The zero-order valence-electron chi connectivity index (χ0n) is 33.8. The summed E-state index contributed by atoms with van der Waals surface area (Å²) < 4.78 is 0. The molecule has 0 aliphatic heterocycles. The molecule has 0 amide bonds. The first kappa shape index (κ1) is 35.7. The Bertz CT molecular complexity index is 3200. The molecule has 0 saturated heterocycles. The predicted octanol–water partition coefficient (Wildman–Crippen LogP) is 16.4. The summed E-state index contributed by atoms with van der Waals surface area (Å²) in [5.41, 5.74) is 18.1. The second-order valence-electron chi connectivity index (χ2n) is 16.5. The fourth-order valence-electron chi connectivity index (χ4n) is 9.68. The molecule has 284 valence electrons. The van der Waals surface area contributed by atoms with E-state index in [1.807, 2.05) is 0 Å². The molecule has 0 radical (unpaired) electrons. The van der Waals surface area contributed by atoms with Crippen molar-refractivity contribution >= 4 is 38.6 Å². The molecule has 0 bridgehead atoms. The van der Waals surface area contributed by atoms with Crippen LogP contribution in [0.5, 0.6) is 0 Å². The van der Waals surface area contributed by atoms with Crippen LogP contribution in [-0.4, -0.2) is 0 Å². The maximum absolute atomic E-state index is 2.48. The van der Waals surface area contributed by atoms with Crippen molar-refractivity contribution in [2.75, 3.05) is 4.90 Å². The summed E-state index contributed by atoms with van der Waals surface area (Å²) in [5, 5.41) is 5.02. The Hall–Kier alpha value is -7.48. The fourth-order valence-corrected chi connectivity index (χ4v) is 9.68. The summed E-state index contributed by atoms with van der Waals surface area (Å²) in [4.78, 5) is 2.48. The zero-order chi connectivity index (χ0) is 40.2. The molecule has 1 aliphatic rings. The van der Waals surface area contributed by atoms with E-state index in [0.29, 0.717) is 0 Å². The molecule has 0 saturated carbocycles. The highest BCUT2D eigenvalue weighted by molar-refractivity contribution is 6.14. The minimum Gasteiger partial charge on any atom is -0.310 e. The van der Waals surface area contributed by atoms with Crippen molar-refractivity contribution in [3.05, 3.63) is 236 Å². The lowest BCUT2D eigenvalue weighted by Gasteiger charge is -2.31. The van der Waals surface area contributed by atoms with Crippen molar-refractivity contribution in [1.29, 1.82) is 0 Å². The molecule has 10 aromatic carbocycles. The van der Waals surface area contributed by atoms with Gasteiger partial charge in [0.25, 0.3) is 0 Å². The second kappa shape index (κ2) is 14.4. The van der Waals surface area contributed by atoms with E-state index < -0.39 is 0 Å². The summed E-state index contributed by atoms with van der Waals surface area (Å²) in [6.45, 7) is 4.73. The topological polar surface area (TPSA) is 3.24 Å². The molecule has 1 aliphatic carbocycles. The zero-order valence-corrected chi connectivity index (χ0v) is 33.8. The summed E-state index contributed by atoms with van der Waals surface area (Å²) >= 11 is 0. The van der Waals surface area contributed by atoms with Gasteiger partial charge in [0.05, 0.1) is 5.69 Å². The lowest BCUT2D eigenvalue weighted by Crippen LogP contribution is -2.17. The van der Waals surface area contributed by atoms with Gasteiger partial charge in [-0.3, -0.25) is 0 Å². The Kier molecular flexibility index (Phi) is 8.57. The summed E-state index contributed by atoms with van der Waals surface area (Å²) in [5.74, 6) is 0. The van der Waals surface area contributed by atoms with Crippen molar-refractivity contribution in [2.45, 2.75) is 19.3 Å². The van der Waals surface area contributed by atoms with Gasteiger partial charge in [0.15, 0.2) is 0 Å². The van der Waals surface area contributed by atoms with Crippen molar-refractivity contribution in [3.63, 3.8) is 0 Å². The highest BCUT2D eigenvalue weighted by atomic mass is 15.1. The predicted molar refractivity (Wildman–Crippen MR) is 255 cm³/mol. The van der Waals surface area contributed by atoms with Crippen molar-refractivity contribution in [2.24, 2.45) is 0 Å². The SMILES string of the molecule is CC1(C)c2ccccc2-c2ccc(N(c3ccc(-c4ccccc4)cc3)c3cccc(-c4cccc5c4ccc4ccccc45)c3-c3ccc(-c4ccccc4)cc3)cc21. The third-order valence-electron chi connectivity index (χ3n) is 12.7. The smallest absolute Gasteiger partial charge is 0.0546 e. The maximum atomic E-state index is 2.48.